The first-order valence-corrected chi connectivity index (χ1v) is 11.8. The summed E-state index contributed by atoms with van der Waals surface area (Å²) >= 11 is 12.0. The molecule has 1 fully saturated rings. The Bertz CT molecular complexity index is 1100. The number of ether oxygens (including phenoxy) is 1. The first-order chi connectivity index (χ1) is 15.0. The van der Waals surface area contributed by atoms with Crippen molar-refractivity contribution in [2.24, 2.45) is 0 Å². The summed E-state index contributed by atoms with van der Waals surface area (Å²) < 4.78 is 70.7. The molecular weight excluding hydrogens is 492 g/mol. The molecule has 0 saturated carbocycles. The fourth-order valence-electron chi connectivity index (χ4n) is 3.14. The Balaban J connectivity index is 1.65. The van der Waals surface area contributed by atoms with Crippen LogP contribution in [0, 0.1) is 0 Å². The molecule has 174 valence electrons. The van der Waals surface area contributed by atoms with Gasteiger partial charge in [-0.25, -0.2) is 8.42 Å². The molecule has 2 aromatic carbocycles. The summed E-state index contributed by atoms with van der Waals surface area (Å²) in [6.07, 6.45) is -2.03. The maximum Gasteiger partial charge on any atom is 0.416 e. The third-order valence-corrected chi connectivity index (χ3v) is 7.30. The van der Waals surface area contributed by atoms with Crippen molar-refractivity contribution in [2.75, 3.05) is 25.0 Å². The Hall–Kier alpha value is -2.01. The van der Waals surface area contributed by atoms with Gasteiger partial charge in [0.15, 0.2) is 6.61 Å². The predicted molar refractivity (Wildman–Crippen MR) is 115 cm³/mol. The van der Waals surface area contributed by atoms with Crippen molar-refractivity contribution in [1.82, 2.24) is 4.31 Å². The van der Waals surface area contributed by atoms with Crippen LogP contribution < -0.4 is 10.1 Å². The maximum absolute atomic E-state index is 12.8. The molecule has 0 aliphatic carbocycles. The van der Waals surface area contributed by atoms with Gasteiger partial charge in [-0.3, -0.25) is 4.79 Å². The fraction of sp³-hybridized carbons (Fsp3) is 0.350. The summed E-state index contributed by atoms with van der Waals surface area (Å²) in [6.45, 7) is 0.303. The minimum absolute atomic E-state index is 0.0111. The average Bonchev–Trinajstić information content (AvgIpc) is 2.74. The predicted octanol–water partition coefficient (Wildman–Crippen LogP) is 5.20. The van der Waals surface area contributed by atoms with E-state index in [4.69, 9.17) is 27.9 Å². The lowest BCUT2D eigenvalue weighted by atomic mass is 10.2. The Kier molecular flexibility index (Phi) is 7.59. The molecule has 0 unspecified atom stereocenters. The number of rotatable bonds is 6. The van der Waals surface area contributed by atoms with Gasteiger partial charge in [-0.1, -0.05) is 29.6 Å². The molecule has 1 amide bonds. The number of nitrogens with zero attached hydrogens (tertiary/aromatic N) is 1. The molecular formula is C20H19Cl2F3N2O4S. The van der Waals surface area contributed by atoms with Gasteiger partial charge in [0.05, 0.1) is 26.2 Å². The SMILES string of the molecule is O=C(COc1ccc(S(=O)(=O)N2CCCCC2)cc1Cl)Nc1cc(C(F)(F)F)ccc1Cl. The number of nitrogens with one attached hydrogen (secondary N) is 1. The molecule has 1 saturated heterocycles. The number of alkyl halides is 3. The number of hydrogen-bond donors (Lipinski definition) is 1. The molecule has 0 spiro atoms. The van der Waals surface area contributed by atoms with Gasteiger partial charge in [0, 0.05) is 13.1 Å². The number of anilines is 1. The van der Waals surface area contributed by atoms with E-state index in [-0.39, 0.29) is 26.4 Å². The number of sulfonamides is 1. The molecule has 0 bridgehead atoms. The number of carbonyl (C=O) groups is 1. The van der Waals surface area contributed by atoms with Crippen molar-refractivity contribution in [1.29, 1.82) is 0 Å². The van der Waals surface area contributed by atoms with Crippen LogP contribution in [0.3, 0.4) is 0 Å². The zero-order valence-electron chi connectivity index (χ0n) is 16.6. The summed E-state index contributed by atoms with van der Waals surface area (Å²) in [4.78, 5) is 12.1. The summed E-state index contributed by atoms with van der Waals surface area (Å²) in [5.41, 5.74) is -1.18. The van der Waals surface area contributed by atoms with Crippen molar-refractivity contribution in [2.45, 2.75) is 30.3 Å². The van der Waals surface area contributed by atoms with Gasteiger partial charge in [-0.15, -0.1) is 0 Å². The van der Waals surface area contributed by atoms with Crippen LogP contribution in [0.1, 0.15) is 24.8 Å². The largest absolute Gasteiger partial charge is 0.482 e. The van der Waals surface area contributed by atoms with Crippen LogP contribution in [0.5, 0.6) is 5.75 Å². The molecule has 0 atom stereocenters. The lowest BCUT2D eigenvalue weighted by molar-refractivity contribution is -0.137. The van der Waals surface area contributed by atoms with E-state index < -0.39 is 34.3 Å². The molecule has 1 aliphatic heterocycles. The van der Waals surface area contributed by atoms with Crippen LogP contribution in [0.4, 0.5) is 18.9 Å². The first-order valence-electron chi connectivity index (χ1n) is 9.57. The van der Waals surface area contributed by atoms with Crippen molar-refractivity contribution >= 4 is 44.8 Å². The number of carbonyl (C=O) groups excluding carboxylic acids is 1. The summed E-state index contributed by atoms with van der Waals surface area (Å²) in [6, 6.07) is 6.43. The molecule has 3 rings (SSSR count). The zero-order chi connectivity index (χ0) is 23.5. The van der Waals surface area contributed by atoms with Crippen LogP contribution in [0.15, 0.2) is 41.3 Å². The maximum atomic E-state index is 12.8. The second-order valence-corrected chi connectivity index (χ2v) is 9.84. The third-order valence-electron chi connectivity index (χ3n) is 4.78. The Morgan fingerprint density at radius 3 is 2.34 bits per heavy atom. The van der Waals surface area contributed by atoms with Crippen LogP contribution in [0.2, 0.25) is 10.0 Å². The van der Waals surface area contributed by atoms with Crippen LogP contribution in [-0.4, -0.2) is 38.3 Å². The lowest BCUT2D eigenvalue weighted by Gasteiger charge is -2.26. The second kappa shape index (κ2) is 9.86. The van der Waals surface area contributed by atoms with E-state index in [1.54, 1.807) is 0 Å². The van der Waals surface area contributed by atoms with E-state index in [2.05, 4.69) is 5.32 Å². The highest BCUT2D eigenvalue weighted by atomic mass is 35.5. The minimum Gasteiger partial charge on any atom is -0.482 e. The van der Waals surface area contributed by atoms with Gasteiger partial charge < -0.3 is 10.1 Å². The Morgan fingerprint density at radius 1 is 1.03 bits per heavy atom. The molecule has 0 radical (unpaired) electrons. The number of amides is 1. The van der Waals surface area contributed by atoms with Crippen molar-refractivity contribution in [3.63, 3.8) is 0 Å². The van der Waals surface area contributed by atoms with Crippen LogP contribution in [0.25, 0.3) is 0 Å². The molecule has 1 N–H and O–H groups in total. The van der Waals surface area contributed by atoms with E-state index in [1.807, 2.05) is 0 Å². The molecule has 32 heavy (non-hydrogen) atoms. The Labute approximate surface area is 193 Å². The first kappa shape index (κ1) is 24.6. The van der Waals surface area contributed by atoms with Crippen LogP contribution in [-0.2, 0) is 21.0 Å². The van der Waals surface area contributed by atoms with Gasteiger partial charge in [0.25, 0.3) is 5.91 Å². The topological polar surface area (TPSA) is 75.7 Å². The van der Waals surface area contributed by atoms with Crippen molar-refractivity contribution in [3.8, 4) is 5.75 Å². The van der Waals surface area contributed by atoms with Gasteiger partial charge in [0.1, 0.15) is 5.75 Å². The van der Waals surface area contributed by atoms with Gasteiger partial charge in [-0.05, 0) is 49.2 Å². The molecule has 2 aromatic rings. The van der Waals surface area contributed by atoms with E-state index in [0.29, 0.717) is 19.2 Å². The normalized spacial score (nSPS) is 15.4. The molecule has 6 nitrogen and oxygen atoms in total. The second-order valence-electron chi connectivity index (χ2n) is 7.09. The van der Waals surface area contributed by atoms with Crippen LogP contribution >= 0.6 is 23.2 Å². The number of piperidine rings is 1. The smallest absolute Gasteiger partial charge is 0.416 e. The molecule has 1 aliphatic rings. The quantitative estimate of drug-likeness (QED) is 0.579. The summed E-state index contributed by atoms with van der Waals surface area (Å²) in [5.74, 6) is -0.721. The number of benzene rings is 2. The average molecular weight is 511 g/mol. The monoisotopic (exact) mass is 510 g/mol. The minimum atomic E-state index is -4.59. The highest BCUT2D eigenvalue weighted by molar-refractivity contribution is 7.89. The zero-order valence-corrected chi connectivity index (χ0v) is 18.9. The van der Waals surface area contributed by atoms with Gasteiger partial charge in [-0.2, -0.15) is 17.5 Å². The molecule has 12 heteroatoms. The highest BCUT2D eigenvalue weighted by Crippen LogP contribution is 2.34. The summed E-state index contributed by atoms with van der Waals surface area (Å²) in [7, 11) is -3.69. The van der Waals surface area contributed by atoms with E-state index in [1.165, 1.54) is 22.5 Å². The van der Waals surface area contributed by atoms with Crippen molar-refractivity contribution < 1.29 is 31.1 Å². The van der Waals surface area contributed by atoms with Gasteiger partial charge >= 0.3 is 6.18 Å². The van der Waals surface area contributed by atoms with E-state index in [0.717, 1.165) is 31.4 Å². The standard InChI is InChI=1S/C20H19Cl2F3N2O4S/c21-15-6-4-13(20(23,24)25)10-17(15)26-19(28)12-31-18-7-5-14(11-16(18)22)32(29,30)27-8-2-1-3-9-27/h4-7,10-11H,1-3,8-9,12H2,(H,26,28). The molecule has 0 aromatic heterocycles. The van der Waals surface area contributed by atoms with E-state index >= 15 is 0 Å². The fourth-order valence-corrected chi connectivity index (χ4v) is 5.15. The van der Waals surface area contributed by atoms with E-state index in [9.17, 15) is 26.4 Å². The third kappa shape index (κ3) is 5.86. The highest BCUT2D eigenvalue weighted by Gasteiger charge is 2.31. The number of halogens is 5. The summed E-state index contributed by atoms with van der Waals surface area (Å²) in [5, 5.41) is 2.16. The Morgan fingerprint density at radius 2 is 1.72 bits per heavy atom. The number of hydrogen-bond acceptors (Lipinski definition) is 4. The van der Waals surface area contributed by atoms with Crippen molar-refractivity contribution in [3.05, 3.63) is 52.0 Å². The molecule has 1 heterocycles. The van der Waals surface area contributed by atoms with Gasteiger partial charge in [0.2, 0.25) is 10.0 Å². The lowest BCUT2D eigenvalue weighted by Crippen LogP contribution is -2.35.